The van der Waals surface area contributed by atoms with Crippen LogP contribution in [0.1, 0.15) is 0 Å². The summed E-state index contributed by atoms with van der Waals surface area (Å²) in [6.07, 6.45) is 0. The van der Waals surface area contributed by atoms with Crippen molar-refractivity contribution in [1.82, 2.24) is 0 Å². The van der Waals surface area contributed by atoms with Gasteiger partial charge in [-0.05, 0) is 24.3 Å². The molecule has 0 atom stereocenters. The molecule has 1 rings (SSSR count). The SMILES string of the molecule is C/[N+]([O-])=N\Nc1ccc(S(=O)(=O)O)cc1. The summed E-state index contributed by atoms with van der Waals surface area (Å²) in [5, 5.41) is 13.7. The third-order valence-electron chi connectivity index (χ3n) is 1.47. The molecular weight excluding hydrogens is 222 g/mol. The highest BCUT2D eigenvalue weighted by molar-refractivity contribution is 7.85. The summed E-state index contributed by atoms with van der Waals surface area (Å²) in [6.45, 7) is 0. The minimum Gasteiger partial charge on any atom is -0.696 e. The van der Waals surface area contributed by atoms with Crippen LogP contribution in [0.25, 0.3) is 0 Å². The second kappa shape index (κ2) is 4.24. The number of rotatable bonds is 3. The van der Waals surface area contributed by atoms with Crippen molar-refractivity contribution in [1.29, 1.82) is 0 Å². The van der Waals surface area contributed by atoms with Gasteiger partial charge in [-0.2, -0.15) is 13.3 Å². The maximum atomic E-state index is 10.7. The summed E-state index contributed by atoms with van der Waals surface area (Å²) in [4.78, 5) is 0.0972. The molecule has 1 aromatic rings. The minimum atomic E-state index is -4.18. The molecule has 82 valence electrons. The summed E-state index contributed by atoms with van der Waals surface area (Å²) in [7, 11) is -2.99. The summed E-state index contributed by atoms with van der Waals surface area (Å²) in [6, 6.07) is 5.13. The van der Waals surface area contributed by atoms with Crippen LogP contribution in [0, 0.1) is 5.21 Å². The predicted molar refractivity (Wildman–Crippen MR) is 51.9 cm³/mol. The maximum absolute atomic E-state index is 10.7. The Kier molecular flexibility index (Phi) is 3.22. The van der Waals surface area contributed by atoms with E-state index in [1.54, 1.807) is 0 Å². The Balaban J connectivity index is 2.87. The van der Waals surface area contributed by atoms with Crippen molar-refractivity contribution in [3.8, 4) is 0 Å². The molecule has 0 radical (unpaired) electrons. The first-order chi connectivity index (χ1) is 6.89. The molecule has 0 unspecified atom stereocenters. The highest BCUT2D eigenvalue weighted by atomic mass is 32.2. The normalized spacial score (nSPS) is 12.5. The monoisotopic (exact) mass is 231 g/mol. The number of hydrogen-bond donors (Lipinski definition) is 2. The number of hydrogen-bond acceptors (Lipinski definition) is 4. The Hall–Kier alpha value is -1.67. The van der Waals surface area contributed by atoms with Gasteiger partial charge in [-0.25, -0.2) is 0 Å². The van der Waals surface area contributed by atoms with Crippen LogP contribution < -0.4 is 5.43 Å². The number of nitrogens with one attached hydrogen (secondary N) is 1. The van der Waals surface area contributed by atoms with E-state index in [0.717, 1.165) is 0 Å². The van der Waals surface area contributed by atoms with E-state index in [1.165, 1.54) is 31.3 Å². The van der Waals surface area contributed by atoms with Gasteiger partial charge in [-0.15, -0.1) is 5.43 Å². The molecule has 0 spiro atoms. The van der Waals surface area contributed by atoms with Crippen molar-refractivity contribution in [2.75, 3.05) is 12.5 Å². The Morgan fingerprint density at radius 2 is 1.93 bits per heavy atom. The van der Waals surface area contributed by atoms with E-state index in [9.17, 15) is 13.6 Å². The molecule has 0 saturated heterocycles. The van der Waals surface area contributed by atoms with Crippen LogP contribution >= 0.6 is 0 Å². The number of nitrogens with zero attached hydrogens (tertiary/aromatic N) is 2. The van der Waals surface area contributed by atoms with E-state index in [2.05, 4.69) is 10.6 Å². The second-order valence-corrected chi connectivity index (χ2v) is 4.10. The van der Waals surface area contributed by atoms with E-state index < -0.39 is 10.1 Å². The average molecular weight is 231 g/mol. The van der Waals surface area contributed by atoms with Crippen molar-refractivity contribution in [3.05, 3.63) is 29.5 Å². The van der Waals surface area contributed by atoms with Crippen molar-refractivity contribution in [2.45, 2.75) is 4.90 Å². The van der Waals surface area contributed by atoms with Gasteiger partial charge in [0.2, 0.25) is 0 Å². The Morgan fingerprint density at radius 1 is 1.40 bits per heavy atom. The highest BCUT2D eigenvalue weighted by Crippen LogP contribution is 2.13. The largest absolute Gasteiger partial charge is 0.696 e. The van der Waals surface area contributed by atoms with Crippen LogP contribution in [-0.2, 0) is 10.1 Å². The molecule has 0 aliphatic rings. The molecule has 0 saturated carbocycles. The standard InChI is InChI=1S/C7H9N3O4S/c1-10(11)9-8-6-2-4-7(5-3-6)15(12,13)14/h2-5,8H,1H3,(H,12,13,14)/b10-9+. The quantitative estimate of drug-likeness (QED) is 0.347. The average Bonchev–Trinajstić information content (AvgIpc) is 2.14. The molecule has 0 aliphatic carbocycles. The van der Waals surface area contributed by atoms with Gasteiger partial charge in [-0.1, -0.05) is 0 Å². The lowest BCUT2D eigenvalue weighted by Crippen LogP contribution is -1.99. The van der Waals surface area contributed by atoms with Crippen LogP contribution in [0.2, 0.25) is 0 Å². The van der Waals surface area contributed by atoms with Gasteiger partial charge in [0.05, 0.1) is 10.1 Å². The molecule has 0 aromatic heterocycles. The van der Waals surface area contributed by atoms with E-state index in [-0.39, 0.29) is 4.90 Å². The van der Waals surface area contributed by atoms with Crippen LogP contribution in [0.5, 0.6) is 0 Å². The number of anilines is 1. The molecule has 0 aliphatic heterocycles. The topological polar surface area (TPSA) is 105 Å². The first-order valence-corrected chi connectivity index (χ1v) is 5.28. The van der Waals surface area contributed by atoms with Crippen LogP contribution in [0.15, 0.2) is 34.4 Å². The van der Waals surface area contributed by atoms with Crippen LogP contribution in [0.3, 0.4) is 0 Å². The number of hydroxylamine groups is 1. The van der Waals surface area contributed by atoms with Crippen molar-refractivity contribution in [3.63, 3.8) is 0 Å². The van der Waals surface area contributed by atoms with Gasteiger partial charge in [0.1, 0.15) is 12.7 Å². The Bertz CT molecular complexity index is 462. The molecular formula is C7H9N3O4S. The van der Waals surface area contributed by atoms with Gasteiger partial charge in [0.25, 0.3) is 10.1 Å². The summed E-state index contributed by atoms with van der Waals surface area (Å²) in [5.41, 5.74) is 2.82. The lowest BCUT2D eigenvalue weighted by molar-refractivity contribution is -0.497. The molecule has 8 heteroatoms. The van der Waals surface area contributed by atoms with E-state index in [0.29, 0.717) is 10.5 Å². The summed E-state index contributed by atoms with van der Waals surface area (Å²) < 4.78 is 30.0. The van der Waals surface area contributed by atoms with Crippen molar-refractivity contribution in [2.24, 2.45) is 5.22 Å². The molecule has 1 aromatic carbocycles. The fourth-order valence-corrected chi connectivity index (χ4v) is 1.31. The highest BCUT2D eigenvalue weighted by Gasteiger charge is 2.08. The lowest BCUT2D eigenvalue weighted by atomic mass is 10.3. The van der Waals surface area contributed by atoms with Gasteiger partial charge in [0.15, 0.2) is 0 Å². The van der Waals surface area contributed by atoms with Gasteiger partial charge >= 0.3 is 0 Å². The van der Waals surface area contributed by atoms with Gasteiger partial charge in [-0.3, -0.25) is 4.55 Å². The fourth-order valence-electron chi connectivity index (χ4n) is 0.830. The molecule has 2 N–H and O–H groups in total. The third-order valence-corrected chi connectivity index (χ3v) is 2.34. The van der Waals surface area contributed by atoms with Gasteiger partial charge < -0.3 is 5.21 Å². The van der Waals surface area contributed by atoms with Crippen molar-refractivity contribution >= 4 is 15.8 Å². The third kappa shape index (κ3) is 3.52. The number of benzene rings is 1. The predicted octanol–water partition coefficient (Wildman–Crippen LogP) is 0.852. The smallest absolute Gasteiger partial charge is 0.294 e. The zero-order valence-electron chi connectivity index (χ0n) is 7.78. The minimum absolute atomic E-state index is 0.219. The van der Waals surface area contributed by atoms with Crippen LogP contribution in [-0.4, -0.2) is 24.9 Å². The molecule has 15 heavy (non-hydrogen) atoms. The Labute approximate surface area is 86.4 Å². The fraction of sp³-hybridized carbons (Fsp3) is 0.143. The van der Waals surface area contributed by atoms with E-state index in [1.807, 2.05) is 0 Å². The molecule has 0 heterocycles. The van der Waals surface area contributed by atoms with Crippen molar-refractivity contribution < 1.29 is 17.8 Å². The molecule has 0 bridgehead atoms. The zero-order valence-corrected chi connectivity index (χ0v) is 8.60. The molecule has 7 nitrogen and oxygen atoms in total. The lowest BCUT2D eigenvalue weighted by Gasteiger charge is -1.99. The Morgan fingerprint density at radius 3 is 2.33 bits per heavy atom. The second-order valence-electron chi connectivity index (χ2n) is 2.68. The van der Waals surface area contributed by atoms with Crippen LogP contribution in [0.4, 0.5) is 5.69 Å². The first-order valence-electron chi connectivity index (χ1n) is 3.84. The summed E-state index contributed by atoms with van der Waals surface area (Å²) >= 11 is 0. The summed E-state index contributed by atoms with van der Waals surface area (Å²) in [5.74, 6) is 0. The molecule has 0 amide bonds. The maximum Gasteiger partial charge on any atom is 0.294 e. The first kappa shape index (κ1) is 11.4. The zero-order chi connectivity index (χ0) is 11.5. The molecule has 0 fully saturated rings. The van der Waals surface area contributed by atoms with Gasteiger partial charge in [0, 0.05) is 0 Å². The van der Waals surface area contributed by atoms with E-state index >= 15 is 0 Å². The van der Waals surface area contributed by atoms with E-state index in [4.69, 9.17) is 4.55 Å².